The van der Waals surface area contributed by atoms with Crippen LogP contribution in [0.15, 0.2) is 59.7 Å². The molecule has 0 radical (unpaired) electrons. The first kappa shape index (κ1) is 22.4. The van der Waals surface area contributed by atoms with E-state index < -0.39 is 5.91 Å². The van der Waals surface area contributed by atoms with Gasteiger partial charge in [-0.1, -0.05) is 42.5 Å². The lowest BCUT2D eigenvalue weighted by molar-refractivity contribution is -0.124. The molecule has 2 aromatic carbocycles. The number of amides is 2. The summed E-state index contributed by atoms with van der Waals surface area (Å²) in [5.41, 5.74) is 4.36. The lowest BCUT2D eigenvalue weighted by Crippen LogP contribution is -2.37. The predicted molar refractivity (Wildman–Crippen MR) is 132 cm³/mol. The van der Waals surface area contributed by atoms with Gasteiger partial charge in [0.15, 0.2) is 0 Å². The van der Waals surface area contributed by atoms with Crippen molar-refractivity contribution in [3.63, 3.8) is 0 Å². The zero-order chi connectivity index (χ0) is 23.5. The van der Waals surface area contributed by atoms with Crippen molar-refractivity contribution < 1.29 is 9.59 Å². The number of hydrogen-bond donors (Lipinski definition) is 2. The fourth-order valence-electron chi connectivity index (χ4n) is 3.61. The van der Waals surface area contributed by atoms with Crippen molar-refractivity contribution in [2.45, 2.75) is 27.3 Å². The van der Waals surface area contributed by atoms with E-state index in [2.05, 4.69) is 15.6 Å². The van der Waals surface area contributed by atoms with Crippen LogP contribution in [-0.4, -0.2) is 27.9 Å². The Morgan fingerprint density at radius 1 is 0.970 bits per heavy atom. The summed E-state index contributed by atoms with van der Waals surface area (Å²) in [6.07, 6.45) is 1.38. The van der Waals surface area contributed by atoms with Crippen LogP contribution in [0.4, 0.5) is 5.69 Å². The Balaban J connectivity index is 1.45. The molecule has 2 heterocycles. The Kier molecular flexibility index (Phi) is 6.37. The maximum absolute atomic E-state index is 13.0. The molecule has 7 nitrogen and oxygen atoms in total. The number of aryl methyl sites for hydroxylation is 2. The van der Waals surface area contributed by atoms with Crippen LogP contribution in [0.1, 0.15) is 16.7 Å². The fraction of sp³-hybridized carbons (Fsp3) is 0.200. The minimum Gasteiger partial charge on any atom is -0.345 e. The largest absolute Gasteiger partial charge is 0.345 e. The van der Waals surface area contributed by atoms with Crippen LogP contribution >= 0.6 is 11.3 Å². The van der Waals surface area contributed by atoms with Crippen molar-refractivity contribution in [2.75, 3.05) is 11.9 Å². The van der Waals surface area contributed by atoms with Gasteiger partial charge in [0.25, 0.3) is 5.56 Å². The van der Waals surface area contributed by atoms with Gasteiger partial charge in [-0.25, -0.2) is 4.98 Å². The smallest absolute Gasteiger partial charge is 0.262 e. The Hall–Kier alpha value is -3.78. The van der Waals surface area contributed by atoms with Crippen molar-refractivity contribution in [1.29, 1.82) is 0 Å². The molecule has 0 bridgehead atoms. The zero-order valence-electron chi connectivity index (χ0n) is 18.6. The van der Waals surface area contributed by atoms with Crippen molar-refractivity contribution in [3.8, 4) is 10.4 Å². The van der Waals surface area contributed by atoms with Gasteiger partial charge in [0.1, 0.15) is 11.4 Å². The minimum atomic E-state index is -0.439. The third-order valence-corrected chi connectivity index (χ3v) is 6.84. The molecule has 8 heteroatoms. The summed E-state index contributed by atoms with van der Waals surface area (Å²) in [5, 5.41) is 5.88. The van der Waals surface area contributed by atoms with Crippen LogP contribution < -0.4 is 16.2 Å². The second-order valence-electron chi connectivity index (χ2n) is 7.85. The summed E-state index contributed by atoms with van der Waals surface area (Å²) < 4.78 is 1.27. The highest BCUT2D eigenvalue weighted by Crippen LogP contribution is 2.35. The van der Waals surface area contributed by atoms with E-state index in [0.29, 0.717) is 15.9 Å². The number of nitrogens with one attached hydrogen (secondary N) is 2. The first-order chi connectivity index (χ1) is 15.8. The molecule has 0 saturated carbocycles. The maximum atomic E-state index is 13.0. The molecular formula is C25H24N4O3S. The highest BCUT2D eigenvalue weighted by Gasteiger charge is 2.17. The van der Waals surface area contributed by atoms with Gasteiger partial charge in [0.05, 0.1) is 18.3 Å². The average Bonchev–Trinajstić information content (AvgIpc) is 3.15. The molecule has 0 saturated heterocycles. The number of carbonyl (C=O) groups excluding carboxylic acids is 2. The highest BCUT2D eigenvalue weighted by molar-refractivity contribution is 7.22. The van der Waals surface area contributed by atoms with Gasteiger partial charge < -0.3 is 10.6 Å². The first-order valence-electron chi connectivity index (χ1n) is 10.5. The molecule has 0 fully saturated rings. The van der Waals surface area contributed by atoms with Crippen LogP contribution in [-0.2, 0) is 16.1 Å². The fourth-order valence-corrected chi connectivity index (χ4v) is 4.75. The van der Waals surface area contributed by atoms with Gasteiger partial charge in [0.2, 0.25) is 11.8 Å². The van der Waals surface area contributed by atoms with Gasteiger partial charge >= 0.3 is 0 Å². The van der Waals surface area contributed by atoms with Gasteiger partial charge in [-0.15, -0.1) is 11.3 Å². The molecule has 4 rings (SSSR count). The second-order valence-corrected chi connectivity index (χ2v) is 8.85. The van der Waals surface area contributed by atoms with Crippen LogP contribution in [0.25, 0.3) is 20.7 Å². The quantitative estimate of drug-likeness (QED) is 0.458. The maximum Gasteiger partial charge on any atom is 0.262 e. The molecule has 0 aliphatic heterocycles. The van der Waals surface area contributed by atoms with E-state index >= 15 is 0 Å². The number of hydrogen-bond acceptors (Lipinski definition) is 5. The van der Waals surface area contributed by atoms with E-state index in [1.54, 1.807) is 0 Å². The zero-order valence-corrected chi connectivity index (χ0v) is 19.5. The molecule has 2 amide bonds. The van der Waals surface area contributed by atoms with Gasteiger partial charge in [-0.05, 0) is 49.1 Å². The number of nitrogens with zero attached hydrogens (tertiary/aromatic N) is 2. The summed E-state index contributed by atoms with van der Waals surface area (Å²) in [4.78, 5) is 43.7. The molecule has 0 aliphatic rings. The number of thiophene rings is 1. The van der Waals surface area contributed by atoms with Crippen molar-refractivity contribution in [2.24, 2.45) is 0 Å². The number of aromatic nitrogens is 2. The molecule has 2 N–H and O–H groups in total. The Morgan fingerprint density at radius 3 is 2.48 bits per heavy atom. The number of fused-ring (bicyclic) bond motifs is 1. The average molecular weight is 461 g/mol. The van der Waals surface area contributed by atoms with E-state index in [-0.39, 0.29) is 24.6 Å². The molecule has 4 aromatic rings. The normalized spacial score (nSPS) is 10.9. The number of anilines is 1. The summed E-state index contributed by atoms with van der Waals surface area (Å²) >= 11 is 1.46. The Labute approximate surface area is 195 Å². The van der Waals surface area contributed by atoms with Crippen molar-refractivity contribution >= 4 is 39.1 Å². The van der Waals surface area contributed by atoms with Gasteiger partial charge in [0, 0.05) is 10.6 Å². The number of benzene rings is 2. The van der Waals surface area contributed by atoms with Crippen molar-refractivity contribution in [3.05, 3.63) is 81.9 Å². The van der Waals surface area contributed by atoms with Gasteiger partial charge in [-0.3, -0.25) is 19.0 Å². The van der Waals surface area contributed by atoms with E-state index in [9.17, 15) is 14.4 Å². The molecule has 0 spiro atoms. The third kappa shape index (κ3) is 4.70. The Morgan fingerprint density at radius 2 is 1.73 bits per heavy atom. The van der Waals surface area contributed by atoms with Crippen LogP contribution in [0.2, 0.25) is 0 Å². The highest BCUT2D eigenvalue weighted by atomic mass is 32.1. The predicted octanol–water partition coefficient (Wildman–Crippen LogP) is 3.81. The molecule has 33 heavy (non-hydrogen) atoms. The van der Waals surface area contributed by atoms with Gasteiger partial charge in [-0.2, -0.15) is 0 Å². The molecule has 168 valence electrons. The van der Waals surface area contributed by atoms with Crippen LogP contribution in [0.5, 0.6) is 0 Å². The molecular weight excluding hydrogens is 436 g/mol. The number of rotatable bonds is 6. The summed E-state index contributed by atoms with van der Waals surface area (Å²) in [6.45, 7) is 5.38. The van der Waals surface area contributed by atoms with E-state index in [4.69, 9.17) is 0 Å². The first-order valence-corrected chi connectivity index (χ1v) is 11.3. The standard InChI is InChI=1S/C25H24N4O3S/c1-15-8-7-11-19(16(15)2)28-20(30)12-26-21(31)13-29-14-27-24-22(25(29)32)17(3)23(33-24)18-9-5-4-6-10-18/h4-11,14H,12-13H2,1-3H3,(H,26,31)(H,28,30). The number of carbonyl (C=O) groups is 2. The van der Waals surface area contributed by atoms with Crippen molar-refractivity contribution in [1.82, 2.24) is 14.9 Å². The lowest BCUT2D eigenvalue weighted by Gasteiger charge is -2.11. The second kappa shape index (κ2) is 9.38. The Bertz CT molecular complexity index is 1410. The summed E-state index contributed by atoms with van der Waals surface area (Å²) in [5.74, 6) is -0.773. The third-order valence-electron chi connectivity index (χ3n) is 5.59. The SMILES string of the molecule is Cc1cccc(NC(=O)CNC(=O)Cn2cnc3sc(-c4ccccc4)c(C)c3c2=O)c1C. The monoisotopic (exact) mass is 460 g/mol. The van der Waals surface area contributed by atoms with Crippen LogP contribution in [0, 0.1) is 20.8 Å². The van der Waals surface area contributed by atoms with E-state index in [1.165, 1.54) is 22.2 Å². The van der Waals surface area contributed by atoms with E-state index in [1.807, 2.05) is 69.3 Å². The lowest BCUT2D eigenvalue weighted by atomic mass is 10.1. The molecule has 0 atom stereocenters. The van der Waals surface area contributed by atoms with E-state index in [0.717, 1.165) is 27.1 Å². The summed E-state index contributed by atoms with van der Waals surface area (Å²) in [7, 11) is 0. The molecule has 0 aliphatic carbocycles. The minimum absolute atomic E-state index is 0.188. The van der Waals surface area contributed by atoms with Crippen LogP contribution in [0.3, 0.4) is 0 Å². The molecule has 0 unspecified atom stereocenters. The summed E-state index contributed by atoms with van der Waals surface area (Å²) in [6, 6.07) is 15.5. The topological polar surface area (TPSA) is 93.1 Å². The molecule has 2 aromatic heterocycles.